The summed E-state index contributed by atoms with van der Waals surface area (Å²) in [4.78, 5) is 2.81. The number of likely N-dealkylation sites (tertiary alicyclic amines) is 1. The second-order valence-electron chi connectivity index (χ2n) is 6.64. The van der Waals surface area contributed by atoms with Gasteiger partial charge in [-0.1, -0.05) is 33.6 Å². The summed E-state index contributed by atoms with van der Waals surface area (Å²) in [5.74, 6) is 1.06. The Morgan fingerprint density at radius 1 is 1.11 bits per heavy atom. The third-order valence-electron chi connectivity index (χ3n) is 5.62. The highest BCUT2D eigenvalue weighted by molar-refractivity contribution is 5.00. The van der Waals surface area contributed by atoms with Crippen LogP contribution in [-0.4, -0.2) is 36.1 Å². The lowest BCUT2D eigenvalue weighted by molar-refractivity contribution is 0.0578. The van der Waals surface area contributed by atoms with E-state index in [9.17, 15) is 0 Å². The van der Waals surface area contributed by atoms with Crippen molar-refractivity contribution >= 4 is 0 Å². The second-order valence-corrected chi connectivity index (χ2v) is 6.64. The first-order valence-corrected chi connectivity index (χ1v) is 8.75. The van der Waals surface area contributed by atoms with Crippen LogP contribution < -0.4 is 5.32 Å². The standard InChI is InChI=1S/C17H34N2/c1-4-17(5-2,19-13-7-8-14-19)16(18-6-3)12-11-15-9-10-15/h15-16,18H,4-14H2,1-3H3. The van der Waals surface area contributed by atoms with E-state index < -0.39 is 0 Å². The maximum absolute atomic E-state index is 3.84. The summed E-state index contributed by atoms with van der Waals surface area (Å²) in [6.07, 6.45) is 11.2. The number of hydrogen-bond donors (Lipinski definition) is 1. The normalized spacial score (nSPS) is 22.9. The lowest BCUT2D eigenvalue weighted by Crippen LogP contribution is -2.60. The smallest absolute Gasteiger partial charge is 0.0357 e. The zero-order chi connectivity index (χ0) is 13.7. The molecule has 112 valence electrons. The minimum atomic E-state index is 0.418. The summed E-state index contributed by atoms with van der Waals surface area (Å²) in [6, 6.07) is 0.700. The monoisotopic (exact) mass is 266 g/mol. The Hall–Kier alpha value is -0.0800. The SMILES string of the molecule is CCNC(CCC1CC1)C(CC)(CC)N1CCCC1. The molecule has 0 spiro atoms. The van der Waals surface area contributed by atoms with Gasteiger partial charge in [0, 0.05) is 11.6 Å². The summed E-state index contributed by atoms with van der Waals surface area (Å²) >= 11 is 0. The Morgan fingerprint density at radius 2 is 1.74 bits per heavy atom. The van der Waals surface area contributed by atoms with Gasteiger partial charge in [0.15, 0.2) is 0 Å². The molecule has 0 aromatic heterocycles. The molecule has 2 aliphatic rings. The largest absolute Gasteiger partial charge is 0.312 e. The molecular formula is C17H34N2. The van der Waals surface area contributed by atoms with E-state index in [2.05, 4.69) is 31.0 Å². The van der Waals surface area contributed by atoms with Gasteiger partial charge in [-0.2, -0.15) is 0 Å². The molecular weight excluding hydrogens is 232 g/mol. The molecule has 19 heavy (non-hydrogen) atoms. The van der Waals surface area contributed by atoms with E-state index in [4.69, 9.17) is 0 Å². The van der Waals surface area contributed by atoms with Crippen LogP contribution in [0.3, 0.4) is 0 Å². The Morgan fingerprint density at radius 3 is 2.21 bits per heavy atom. The fourth-order valence-corrected chi connectivity index (χ4v) is 4.19. The summed E-state index contributed by atoms with van der Waals surface area (Å²) in [6.45, 7) is 10.8. The van der Waals surface area contributed by atoms with Crippen molar-refractivity contribution in [3.63, 3.8) is 0 Å². The maximum atomic E-state index is 3.84. The lowest BCUT2D eigenvalue weighted by Gasteiger charge is -2.47. The van der Waals surface area contributed by atoms with E-state index >= 15 is 0 Å². The molecule has 1 saturated carbocycles. The van der Waals surface area contributed by atoms with Gasteiger partial charge in [0.1, 0.15) is 0 Å². The molecule has 2 nitrogen and oxygen atoms in total. The van der Waals surface area contributed by atoms with Crippen LogP contribution in [0.1, 0.15) is 72.1 Å². The number of rotatable bonds is 9. The molecule has 1 aliphatic carbocycles. The van der Waals surface area contributed by atoms with Crippen LogP contribution >= 0.6 is 0 Å². The van der Waals surface area contributed by atoms with Crippen molar-refractivity contribution in [3.8, 4) is 0 Å². The molecule has 1 aliphatic heterocycles. The van der Waals surface area contributed by atoms with Gasteiger partial charge >= 0.3 is 0 Å². The molecule has 1 saturated heterocycles. The highest BCUT2D eigenvalue weighted by Crippen LogP contribution is 2.38. The molecule has 0 amide bonds. The summed E-state index contributed by atoms with van der Waals surface area (Å²) < 4.78 is 0. The van der Waals surface area contributed by atoms with Crippen LogP contribution in [0.2, 0.25) is 0 Å². The first kappa shape index (κ1) is 15.3. The van der Waals surface area contributed by atoms with Crippen LogP contribution in [0, 0.1) is 5.92 Å². The van der Waals surface area contributed by atoms with E-state index in [-0.39, 0.29) is 0 Å². The number of nitrogens with one attached hydrogen (secondary N) is 1. The van der Waals surface area contributed by atoms with Crippen molar-refractivity contribution < 1.29 is 0 Å². The number of likely N-dealkylation sites (N-methyl/N-ethyl adjacent to an activating group) is 1. The number of hydrogen-bond acceptors (Lipinski definition) is 2. The van der Waals surface area contributed by atoms with Crippen LogP contribution in [0.15, 0.2) is 0 Å². The fraction of sp³-hybridized carbons (Fsp3) is 1.00. The topological polar surface area (TPSA) is 15.3 Å². The summed E-state index contributed by atoms with van der Waals surface area (Å²) in [7, 11) is 0. The summed E-state index contributed by atoms with van der Waals surface area (Å²) in [5, 5.41) is 3.84. The zero-order valence-corrected chi connectivity index (χ0v) is 13.4. The molecule has 1 heterocycles. The van der Waals surface area contributed by atoms with Gasteiger partial charge in [0.2, 0.25) is 0 Å². The van der Waals surface area contributed by atoms with Crippen LogP contribution in [0.25, 0.3) is 0 Å². The Kier molecular flexibility index (Phi) is 5.70. The van der Waals surface area contributed by atoms with E-state index in [0.717, 1.165) is 12.5 Å². The first-order chi connectivity index (χ1) is 9.26. The van der Waals surface area contributed by atoms with Crippen LogP contribution in [0.5, 0.6) is 0 Å². The van der Waals surface area contributed by atoms with Gasteiger partial charge in [-0.15, -0.1) is 0 Å². The molecule has 1 unspecified atom stereocenters. The maximum Gasteiger partial charge on any atom is 0.0357 e. The highest BCUT2D eigenvalue weighted by atomic mass is 15.2. The van der Waals surface area contributed by atoms with E-state index in [1.807, 2.05) is 0 Å². The molecule has 0 aromatic carbocycles. The summed E-state index contributed by atoms with van der Waals surface area (Å²) in [5.41, 5.74) is 0.418. The van der Waals surface area contributed by atoms with Crippen molar-refractivity contribution in [2.45, 2.75) is 83.7 Å². The molecule has 2 fully saturated rings. The van der Waals surface area contributed by atoms with Crippen molar-refractivity contribution in [1.82, 2.24) is 10.2 Å². The Balaban J connectivity index is 2.05. The van der Waals surface area contributed by atoms with E-state index in [1.54, 1.807) is 0 Å². The average Bonchev–Trinajstić information content (AvgIpc) is 3.10. The Bertz CT molecular complexity index is 250. The van der Waals surface area contributed by atoms with Crippen LogP contribution in [0.4, 0.5) is 0 Å². The molecule has 0 radical (unpaired) electrons. The lowest BCUT2D eigenvalue weighted by atomic mass is 9.80. The van der Waals surface area contributed by atoms with E-state index in [0.29, 0.717) is 11.6 Å². The minimum Gasteiger partial charge on any atom is -0.312 e. The van der Waals surface area contributed by atoms with Gasteiger partial charge in [0.25, 0.3) is 0 Å². The predicted molar refractivity (Wildman–Crippen MR) is 83.5 cm³/mol. The molecule has 2 heteroatoms. The molecule has 1 atom stereocenters. The average molecular weight is 266 g/mol. The predicted octanol–water partition coefficient (Wildman–Crippen LogP) is 3.81. The quantitative estimate of drug-likeness (QED) is 0.683. The minimum absolute atomic E-state index is 0.418. The fourth-order valence-electron chi connectivity index (χ4n) is 4.19. The Labute approximate surface area is 120 Å². The van der Waals surface area contributed by atoms with Gasteiger partial charge in [0.05, 0.1) is 0 Å². The van der Waals surface area contributed by atoms with Crippen molar-refractivity contribution in [3.05, 3.63) is 0 Å². The van der Waals surface area contributed by atoms with Gasteiger partial charge in [-0.05, 0) is 64.1 Å². The van der Waals surface area contributed by atoms with Gasteiger partial charge in [-0.25, -0.2) is 0 Å². The third kappa shape index (κ3) is 3.52. The van der Waals surface area contributed by atoms with Crippen molar-refractivity contribution in [2.75, 3.05) is 19.6 Å². The zero-order valence-electron chi connectivity index (χ0n) is 13.4. The number of nitrogens with zero attached hydrogens (tertiary/aromatic N) is 1. The molecule has 2 rings (SSSR count). The van der Waals surface area contributed by atoms with Crippen molar-refractivity contribution in [1.29, 1.82) is 0 Å². The highest BCUT2D eigenvalue weighted by Gasteiger charge is 2.41. The molecule has 1 N–H and O–H groups in total. The van der Waals surface area contributed by atoms with Gasteiger partial charge < -0.3 is 5.32 Å². The van der Waals surface area contributed by atoms with Crippen molar-refractivity contribution in [2.24, 2.45) is 5.92 Å². The van der Waals surface area contributed by atoms with Gasteiger partial charge in [-0.3, -0.25) is 4.90 Å². The third-order valence-corrected chi connectivity index (χ3v) is 5.62. The van der Waals surface area contributed by atoms with Crippen LogP contribution in [-0.2, 0) is 0 Å². The van der Waals surface area contributed by atoms with E-state index in [1.165, 1.54) is 64.5 Å². The second kappa shape index (κ2) is 7.08. The molecule has 0 aromatic rings. The molecule has 0 bridgehead atoms. The first-order valence-electron chi connectivity index (χ1n) is 8.75.